The summed E-state index contributed by atoms with van der Waals surface area (Å²) in [6.07, 6.45) is 2.59. The molecule has 0 aromatic heterocycles. The summed E-state index contributed by atoms with van der Waals surface area (Å²) in [4.78, 5) is 9.41. The van der Waals surface area contributed by atoms with Gasteiger partial charge in [0.1, 0.15) is 0 Å². The summed E-state index contributed by atoms with van der Waals surface area (Å²) in [6.45, 7) is 6.64. The average Bonchev–Trinajstić information content (AvgIpc) is 2.63. The van der Waals surface area contributed by atoms with E-state index in [-0.39, 0.29) is 6.29 Å². The molecule has 1 aliphatic rings. The summed E-state index contributed by atoms with van der Waals surface area (Å²) in [5.74, 6) is 1.36. The van der Waals surface area contributed by atoms with Gasteiger partial charge >= 0.3 is 0 Å². The Hall–Kier alpha value is -0.0800. The zero-order valence-electron chi connectivity index (χ0n) is 6.96. The molecule has 60 valence electrons. The quantitative estimate of drug-likeness (QED) is 0.447. The maximum absolute atomic E-state index is 4.70. The van der Waals surface area contributed by atoms with Gasteiger partial charge in [-0.25, -0.2) is 0 Å². The lowest BCUT2D eigenvalue weighted by Crippen LogP contribution is -2.03. The average molecular weight is 144 g/mol. The van der Waals surface area contributed by atoms with Crippen LogP contribution in [0.5, 0.6) is 0 Å². The summed E-state index contributed by atoms with van der Waals surface area (Å²) in [7, 11) is 0. The fourth-order valence-electron chi connectivity index (χ4n) is 0.954. The van der Waals surface area contributed by atoms with E-state index < -0.39 is 0 Å². The predicted octanol–water partition coefficient (Wildman–Crippen LogP) is 2.35. The molecule has 1 unspecified atom stereocenters. The van der Waals surface area contributed by atoms with Crippen LogP contribution in [0.2, 0.25) is 0 Å². The molecule has 1 heterocycles. The Balaban J connectivity index is 2.00. The lowest BCUT2D eigenvalue weighted by molar-refractivity contribution is 0.0850. The minimum atomic E-state index is 0.110. The van der Waals surface area contributed by atoms with E-state index in [2.05, 4.69) is 20.8 Å². The summed E-state index contributed by atoms with van der Waals surface area (Å²) in [5.41, 5.74) is 0. The molecule has 1 saturated heterocycles. The van der Waals surface area contributed by atoms with Gasteiger partial charge in [0.25, 0.3) is 0 Å². The Kier molecular flexibility index (Phi) is 2.69. The van der Waals surface area contributed by atoms with E-state index in [0.717, 1.165) is 5.92 Å². The number of hydrogen-bond donors (Lipinski definition) is 0. The van der Waals surface area contributed by atoms with E-state index in [1.807, 2.05) is 0 Å². The highest BCUT2D eigenvalue weighted by atomic mass is 17.4. The maximum Gasteiger partial charge on any atom is 0.227 e. The third-order valence-electron chi connectivity index (χ3n) is 1.87. The summed E-state index contributed by atoms with van der Waals surface area (Å²) in [5, 5.41) is 0. The third-order valence-corrected chi connectivity index (χ3v) is 1.87. The second-order valence-corrected chi connectivity index (χ2v) is 3.51. The normalized spacial score (nSPS) is 21.6. The molecular formula is C8H16O2. The van der Waals surface area contributed by atoms with Gasteiger partial charge in [-0.1, -0.05) is 27.2 Å². The fourth-order valence-corrected chi connectivity index (χ4v) is 0.954. The molecule has 0 spiro atoms. The van der Waals surface area contributed by atoms with Crippen LogP contribution in [-0.4, -0.2) is 6.29 Å². The van der Waals surface area contributed by atoms with Crippen molar-refractivity contribution in [3.8, 4) is 0 Å². The van der Waals surface area contributed by atoms with Crippen molar-refractivity contribution in [1.29, 1.82) is 0 Å². The van der Waals surface area contributed by atoms with Gasteiger partial charge in [0.15, 0.2) is 0 Å². The van der Waals surface area contributed by atoms with Gasteiger partial charge in [-0.05, 0) is 12.3 Å². The summed E-state index contributed by atoms with van der Waals surface area (Å²) < 4.78 is 0. The maximum atomic E-state index is 4.70. The zero-order valence-corrected chi connectivity index (χ0v) is 6.96. The Labute approximate surface area is 62.4 Å². The first-order chi connectivity index (χ1) is 4.70. The molecule has 0 aromatic rings. The topological polar surface area (TPSA) is 25.1 Å². The molecule has 0 N–H and O–H groups in total. The third kappa shape index (κ3) is 2.67. The van der Waals surface area contributed by atoms with E-state index >= 15 is 0 Å². The van der Waals surface area contributed by atoms with Crippen LogP contribution in [0, 0.1) is 11.8 Å². The van der Waals surface area contributed by atoms with Gasteiger partial charge < -0.3 is 0 Å². The highest BCUT2D eigenvalue weighted by Crippen LogP contribution is 2.26. The molecule has 10 heavy (non-hydrogen) atoms. The first-order valence-corrected chi connectivity index (χ1v) is 4.02. The van der Waals surface area contributed by atoms with Crippen LogP contribution < -0.4 is 0 Å². The molecule has 0 radical (unpaired) electrons. The SMILES string of the molecule is CC(C)CCC(C)C1OO1. The molecule has 1 rings (SSSR count). The van der Waals surface area contributed by atoms with Gasteiger partial charge in [-0.2, -0.15) is 9.78 Å². The van der Waals surface area contributed by atoms with E-state index in [4.69, 9.17) is 9.78 Å². The van der Waals surface area contributed by atoms with Gasteiger partial charge in [0, 0.05) is 5.92 Å². The molecule has 0 aromatic carbocycles. The minimum absolute atomic E-state index is 0.110. The predicted molar refractivity (Wildman–Crippen MR) is 39.2 cm³/mol. The van der Waals surface area contributed by atoms with Crippen LogP contribution in [0.1, 0.15) is 33.6 Å². The lowest BCUT2D eigenvalue weighted by Gasteiger charge is -2.06. The molecule has 0 amide bonds. The van der Waals surface area contributed by atoms with Gasteiger partial charge in [-0.15, -0.1) is 0 Å². The molecule has 0 saturated carbocycles. The summed E-state index contributed by atoms with van der Waals surface area (Å²) in [6, 6.07) is 0. The summed E-state index contributed by atoms with van der Waals surface area (Å²) >= 11 is 0. The largest absolute Gasteiger partial charge is 0.227 e. The monoisotopic (exact) mass is 144 g/mol. The standard InChI is InChI=1S/C8H16O2/c1-6(2)4-5-7(3)8-9-10-8/h6-8H,4-5H2,1-3H3. The van der Waals surface area contributed by atoms with E-state index in [0.29, 0.717) is 5.92 Å². The molecule has 0 aliphatic carbocycles. The smallest absolute Gasteiger partial charge is 0.198 e. The van der Waals surface area contributed by atoms with Gasteiger partial charge in [0.2, 0.25) is 6.29 Å². The van der Waals surface area contributed by atoms with E-state index in [9.17, 15) is 0 Å². The zero-order chi connectivity index (χ0) is 7.56. The van der Waals surface area contributed by atoms with Crippen LogP contribution in [0.4, 0.5) is 0 Å². The van der Waals surface area contributed by atoms with Gasteiger partial charge in [0.05, 0.1) is 0 Å². The van der Waals surface area contributed by atoms with Crippen molar-refractivity contribution in [2.45, 2.75) is 39.9 Å². The second-order valence-electron chi connectivity index (χ2n) is 3.51. The van der Waals surface area contributed by atoms with Crippen LogP contribution >= 0.6 is 0 Å². The molecule has 1 atom stereocenters. The second kappa shape index (κ2) is 3.35. The molecule has 2 heteroatoms. The van der Waals surface area contributed by atoms with Crippen LogP contribution in [0.15, 0.2) is 0 Å². The van der Waals surface area contributed by atoms with Crippen molar-refractivity contribution in [2.75, 3.05) is 0 Å². The number of rotatable bonds is 4. The fraction of sp³-hybridized carbons (Fsp3) is 1.00. The van der Waals surface area contributed by atoms with Crippen molar-refractivity contribution >= 4 is 0 Å². The molecule has 0 bridgehead atoms. The first-order valence-electron chi connectivity index (χ1n) is 4.02. The lowest BCUT2D eigenvalue weighted by atomic mass is 9.99. The van der Waals surface area contributed by atoms with Crippen molar-refractivity contribution in [3.05, 3.63) is 0 Å². The Bertz CT molecular complexity index is 97.4. The van der Waals surface area contributed by atoms with Crippen molar-refractivity contribution in [2.24, 2.45) is 11.8 Å². The van der Waals surface area contributed by atoms with Crippen LogP contribution in [0.3, 0.4) is 0 Å². The Morgan fingerprint density at radius 1 is 1.10 bits per heavy atom. The van der Waals surface area contributed by atoms with Crippen LogP contribution in [-0.2, 0) is 9.78 Å². The Morgan fingerprint density at radius 3 is 2.10 bits per heavy atom. The van der Waals surface area contributed by atoms with E-state index in [1.54, 1.807) is 0 Å². The molecular weight excluding hydrogens is 128 g/mol. The number of hydrogen-bond acceptors (Lipinski definition) is 2. The van der Waals surface area contributed by atoms with Crippen LogP contribution in [0.25, 0.3) is 0 Å². The Morgan fingerprint density at radius 2 is 1.70 bits per heavy atom. The molecule has 1 fully saturated rings. The van der Waals surface area contributed by atoms with Gasteiger partial charge in [-0.3, -0.25) is 0 Å². The first kappa shape index (κ1) is 8.02. The van der Waals surface area contributed by atoms with Crippen molar-refractivity contribution in [3.63, 3.8) is 0 Å². The van der Waals surface area contributed by atoms with Crippen molar-refractivity contribution in [1.82, 2.24) is 0 Å². The molecule has 2 nitrogen and oxygen atoms in total. The highest BCUT2D eigenvalue weighted by molar-refractivity contribution is 4.61. The van der Waals surface area contributed by atoms with Crippen molar-refractivity contribution < 1.29 is 9.78 Å². The molecule has 1 aliphatic heterocycles. The highest BCUT2D eigenvalue weighted by Gasteiger charge is 2.32. The van der Waals surface area contributed by atoms with E-state index in [1.165, 1.54) is 12.8 Å². The minimum Gasteiger partial charge on any atom is -0.198 e.